The van der Waals surface area contributed by atoms with E-state index in [1.807, 2.05) is 31.3 Å². The van der Waals surface area contributed by atoms with Crippen LogP contribution in [0, 0.1) is 6.92 Å². The SMILES string of the molecule is Cc1ccc(N(Cc2ccccc2N)C(C)C)nc1. The molecule has 19 heavy (non-hydrogen) atoms. The Kier molecular flexibility index (Phi) is 4.05. The van der Waals surface area contributed by atoms with Crippen molar-refractivity contribution in [1.82, 2.24) is 4.98 Å². The van der Waals surface area contributed by atoms with Gasteiger partial charge >= 0.3 is 0 Å². The van der Waals surface area contributed by atoms with E-state index >= 15 is 0 Å². The van der Waals surface area contributed by atoms with Gasteiger partial charge in [-0.05, 0) is 44.0 Å². The molecule has 3 heteroatoms. The van der Waals surface area contributed by atoms with E-state index in [1.165, 1.54) is 5.56 Å². The number of hydrogen-bond donors (Lipinski definition) is 1. The summed E-state index contributed by atoms with van der Waals surface area (Å²) >= 11 is 0. The molecule has 0 amide bonds. The minimum absolute atomic E-state index is 0.370. The average Bonchev–Trinajstić information content (AvgIpc) is 2.39. The lowest BCUT2D eigenvalue weighted by atomic mass is 10.1. The van der Waals surface area contributed by atoms with Crippen LogP contribution in [0.4, 0.5) is 11.5 Å². The van der Waals surface area contributed by atoms with Gasteiger partial charge in [0.05, 0.1) is 0 Å². The Morgan fingerprint density at radius 3 is 2.47 bits per heavy atom. The molecule has 0 unspecified atom stereocenters. The lowest BCUT2D eigenvalue weighted by molar-refractivity contribution is 0.673. The second kappa shape index (κ2) is 5.74. The molecule has 0 saturated heterocycles. The molecule has 0 saturated carbocycles. The third-order valence-corrected chi connectivity index (χ3v) is 3.21. The third-order valence-electron chi connectivity index (χ3n) is 3.21. The molecule has 0 radical (unpaired) electrons. The summed E-state index contributed by atoms with van der Waals surface area (Å²) in [5.74, 6) is 0.990. The Morgan fingerprint density at radius 2 is 1.89 bits per heavy atom. The van der Waals surface area contributed by atoms with Gasteiger partial charge in [0.1, 0.15) is 5.82 Å². The summed E-state index contributed by atoms with van der Waals surface area (Å²) in [6.45, 7) is 7.16. The molecule has 0 atom stereocenters. The van der Waals surface area contributed by atoms with Crippen molar-refractivity contribution in [1.29, 1.82) is 0 Å². The zero-order valence-corrected chi connectivity index (χ0v) is 11.8. The molecule has 0 aliphatic heterocycles. The largest absolute Gasteiger partial charge is 0.398 e. The minimum Gasteiger partial charge on any atom is -0.398 e. The molecule has 0 bridgehead atoms. The molecule has 1 aromatic heterocycles. The summed E-state index contributed by atoms with van der Waals surface area (Å²) in [6, 6.07) is 12.5. The first kappa shape index (κ1) is 13.4. The van der Waals surface area contributed by atoms with Crippen LogP contribution in [0.25, 0.3) is 0 Å². The predicted molar refractivity (Wildman–Crippen MR) is 81.1 cm³/mol. The highest BCUT2D eigenvalue weighted by Crippen LogP contribution is 2.20. The Balaban J connectivity index is 2.26. The summed E-state index contributed by atoms with van der Waals surface area (Å²) in [5.41, 5.74) is 9.17. The molecule has 2 rings (SSSR count). The number of aromatic nitrogens is 1. The van der Waals surface area contributed by atoms with Gasteiger partial charge in [0, 0.05) is 24.5 Å². The van der Waals surface area contributed by atoms with Crippen LogP contribution in [0.1, 0.15) is 25.0 Å². The molecular weight excluding hydrogens is 234 g/mol. The van der Waals surface area contributed by atoms with Crippen molar-refractivity contribution in [2.45, 2.75) is 33.4 Å². The number of nitrogens with zero attached hydrogens (tertiary/aromatic N) is 2. The van der Waals surface area contributed by atoms with E-state index in [4.69, 9.17) is 5.73 Å². The molecule has 1 aromatic carbocycles. The number of nitrogens with two attached hydrogens (primary N) is 1. The first-order valence-electron chi connectivity index (χ1n) is 6.60. The quantitative estimate of drug-likeness (QED) is 0.851. The predicted octanol–water partition coefficient (Wildman–Crippen LogP) is 3.39. The van der Waals surface area contributed by atoms with Gasteiger partial charge < -0.3 is 10.6 Å². The molecule has 3 nitrogen and oxygen atoms in total. The maximum Gasteiger partial charge on any atom is 0.129 e. The van der Waals surface area contributed by atoms with Crippen LogP contribution in [0.2, 0.25) is 0 Å². The van der Waals surface area contributed by atoms with E-state index in [9.17, 15) is 0 Å². The van der Waals surface area contributed by atoms with Gasteiger partial charge in [0.2, 0.25) is 0 Å². The van der Waals surface area contributed by atoms with Crippen molar-refractivity contribution in [3.63, 3.8) is 0 Å². The van der Waals surface area contributed by atoms with Crippen molar-refractivity contribution in [2.24, 2.45) is 0 Å². The van der Waals surface area contributed by atoms with Crippen molar-refractivity contribution < 1.29 is 0 Å². The first-order valence-corrected chi connectivity index (χ1v) is 6.60. The van der Waals surface area contributed by atoms with Crippen LogP contribution < -0.4 is 10.6 Å². The lowest BCUT2D eigenvalue weighted by Crippen LogP contribution is -2.31. The fourth-order valence-corrected chi connectivity index (χ4v) is 2.02. The van der Waals surface area contributed by atoms with Crippen LogP contribution in [-0.2, 0) is 6.54 Å². The van der Waals surface area contributed by atoms with Crippen LogP contribution in [0.3, 0.4) is 0 Å². The standard InChI is InChI=1S/C16H21N3/c1-12(2)19(16-9-8-13(3)10-18-16)11-14-6-4-5-7-15(14)17/h4-10,12H,11,17H2,1-3H3. The van der Waals surface area contributed by atoms with E-state index < -0.39 is 0 Å². The maximum atomic E-state index is 6.02. The van der Waals surface area contributed by atoms with Crippen LogP contribution in [0.5, 0.6) is 0 Å². The molecule has 0 aliphatic carbocycles. The molecule has 2 aromatic rings. The van der Waals surface area contributed by atoms with E-state index in [1.54, 1.807) is 0 Å². The average molecular weight is 255 g/mol. The smallest absolute Gasteiger partial charge is 0.129 e. The van der Waals surface area contributed by atoms with Gasteiger partial charge in [0.15, 0.2) is 0 Å². The summed E-state index contributed by atoms with van der Waals surface area (Å²) in [6.07, 6.45) is 1.90. The lowest BCUT2D eigenvalue weighted by Gasteiger charge is -2.28. The molecule has 2 N–H and O–H groups in total. The van der Waals surface area contributed by atoms with E-state index in [-0.39, 0.29) is 0 Å². The van der Waals surface area contributed by atoms with Gasteiger partial charge in [-0.2, -0.15) is 0 Å². The number of anilines is 2. The number of hydrogen-bond acceptors (Lipinski definition) is 3. The molecular formula is C16H21N3. The van der Waals surface area contributed by atoms with Crippen molar-refractivity contribution in [3.05, 3.63) is 53.7 Å². The highest BCUT2D eigenvalue weighted by Gasteiger charge is 2.13. The van der Waals surface area contributed by atoms with Gasteiger partial charge in [0.25, 0.3) is 0 Å². The van der Waals surface area contributed by atoms with Gasteiger partial charge in [-0.15, -0.1) is 0 Å². The highest BCUT2D eigenvalue weighted by atomic mass is 15.2. The first-order chi connectivity index (χ1) is 9.08. The summed E-state index contributed by atoms with van der Waals surface area (Å²) in [5, 5.41) is 0. The zero-order valence-electron chi connectivity index (χ0n) is 11.8. The Hall–Kier alpha value is -2.03. The normalized spacial score (nSPS) is 10.7. The van der Waals surface area contributed by atoms with Crippen molar-refractivity contribution in [3.8, 4) is 0 Å². The molecule has 0 aliphatic rings. The zero-order chi connectivity index (χ0) is 13.8. The number of aryl methyl sites for hydroxylation is 1. The number of para-hydroxylation sites is 1. The number of nitrogen functional groups attached to an aromatic ring is 1. The fraction of sp³-hybridized carbons (Fsp3) is 0.312. The van der Waals surface area contributed by atoms with Gasteiger partial charge in [-0.25, -0.2) is 4.98 Å². The fourth-order valence-electron chi connectivity index (χ4n) is 2.02. The van der Waals surface area contributed by atoms with E-state index in [2.05, 4.69) is 41.9 Å². The second-order valence-corrected chi connectivity index (χ2v) is 5.11. The Labute approximate surface area is 115 Å². The summed E-state index contributed by atoms with van der Waals surface area (Å²) in [4.78, 5) is 6.77. The van der Waals surface area contributed by atoms with E-state index in [0.717, 1.165) is 23.6 Å². The topological polar surface area (TPSA) is 42.1 Å². The summed E-state index contributed by atoms with van der Waals surface area (Å²) < 4.78 is 0. The molecule has 100 valence electrons. The van der Waals surface area contributed by atoms with E-state index in [0.29, 0.717) is 6.04 Å². The Bertz CT molecular complexity index is 532. The number of pyridine rings is 1. The second-order valence-electron chi connectivity index (χ2n) is 5.11. The minimum atomic E-state index is 0.370. The van der Waals surface area contributed by atoms with Gasteiger partial charge in [-0.1, -0.05) is 24.3 Å². The van der Waals surface area contributed by atoms with Crippen LogP contribution in [-0.4, -0.2) is 11.0 Å². The monoisotopic (exact) mass is 255 g/mol. The molecule has 1 heterocycles. The summed E-state index contributed by atoms with van der Waals surface area (Å²) in [7, 11) is 0. The molecule has 0 fully saturated rings. The molecule has 0 spiro atoms. The van der Waals surface area contributed by atoms with Crippen LogP contribution in [0.15, 0.2) is 42.6 Å². The highest BCUT2D eigenvalue weighted by molar-refractivity contribution is 5.50. The third kappa shape index (κ3) is 3.25. The van der Waals surface area contributed by atoms with Crippen LogP contribution >= 0.6 is 0 Å². The maximum absolute atomic E-state index is 6.02. The number of benzene rings is 1. The van der Waals surface area contributed by atoms with Crippen molar-refractivity contribution >= 4 is 11.5 Å². The Morgan fingerprint density at radius 1 is 1.16 bits per heavy atom. The van der Waals surface area contributed by atoms with Gasteiger partial charge in [-0.3, -0.25) is 0 Å². The number of rotatable bonds is 4. The van der Waals surface area contributed by atoms with Crippen molar-refractivity contribution in [2.75, 3.05) is 10.6 Å².